The summed E-state index contributed by atoms with van der Waals surface area (Å²) >= 11 is 0. The zero-order valence-electron chi connectivity index (χ0n) is 10.6. The molecule has 0 saturated carbocycles. The number of ether oxygens (including phenoxy) is 1. The summed E-state index contributed by atoms with van der Waals surface area (Å²) in [5.41, 5.74) is 1.50. The molecule has 4 nitrogen and oxygen atoms in total. The smallest absolute Gasteiger partial charge is 0.216 e. The van der Waals surface area contributed by atoms with E-state index in [1.807, 2.05) is 0 Å². The molecular weight excluding hydrogens is 247 g/mol. The Morgan fingerprint density at radius 3 is 2.68 bits per heavy atom. The Labute approximate surface area is 110 Å². The Bertz CT molecular complexity index is 531. The number of methoxy groups -OCH3 is 1. The normalized spacial score (nSPS) is 12.2. The minimum absolute atomic E-state index is 0.309. The number of aliphatic hydroxyl groups is 1. The molecule has 2 rings (SSSR count). The molecule has 0 saturated heterocycles. The van der Waals surface area contributed by atoms with E-state index in [1.54, 1.807) is 25.3 Å². The van der Waals surface area contributed by atoms with E-state index >= 15 is 0 Å². The van der Waals surface area contributed by atoms with Crippen LogP contribution < -0.4 is 4.74 Å². The average Bonchev–Trinajstić information content (AvgIpc) is 2.46. The highest BCUT2D eigenvalue weighted by atomic mass is 19.1. The summed E-state index contributed by atoms with van der Waals surface area (Å²) in [4.78, 5) is 8.02. The van der Waals surface area contributed by atoms with Gasteiger partial charge in [0.2, 0.25) is 5.88 Å². The molecule has 0 aliphatic carbocycles. The van der Waals surface area contributed by atoms with Crippen molar-refractivity contribution in [3.63, 3.8) is 0 Å². The Hall–Kier alpha value is -2.01. The molecule has 0 fully saturated rings. The Kier molecular flexibility index (Phi) is 4.41. The largest absolute Gasteiger partial charge is 0.481 e. The van der Waals surface area contributed by atoms with Gasteiger partial charge in [-0.15, -0.1) is 0 Å². The van der Waals surface area contributed by atoms with Crippen molar-refractivity contribution in [3.05, 3.63) is 53.7 Å². The SMILES string of the molecule is COc1cc(CCC(O)c2ccc(F)cc2)ncn1. The van der Waals surface area contributed by atoms with Gasteiger partial charge in [0.25, 0.3) is 0 Å². The second-order valence-electron chi connectivity index (χ2n) is 4.16. The summed E-state index contributed by atoms with van der Waals surface area (Å²) in [6, 6.07) is 7.58. The van der Waals surface area contributed by atoms with Gasteiger partial charge < -0.3 is 9.84 Å². The number of halogens is 1. The standard InChI is InChI=1S/C14H15FN2O2/c1-19-14-8-12(16-9-17-14)6-7-13(18)10-2-4-11(15)5-3-10/h2-5,8-9,13,18H,6-7H2,1H3. The van der Waals surface area contributed by atoms with Crippen LogP contribution in [0, 0.1) is 5.82 Å². The molecule has 1 unspecified atom stereocenters. The van der Waals surface area contributed by atoms with Crippen molar-refractivity contribution in [2.45, 2.75) is 18.9 Å². The van der Waals surface area contributed by atoms with E-state index in [9.17, 15) is 9.50 Å². The number of rotatable bonds is 5. The van der Waals surface area contributed by atoms with Crippen LogP contribution >= 0.6 is 0 Å². The lowest BCUT2D eigenvalue weighted by Crippen LogP contribution is -2.01. The summed E-state index contributed by atoms with van der Waals surface area (Å²) in [5, 5.41) is 10.0. The van der Waals surface area contributed by atoms with Crippen molar-refractivity contribution >= 4 is 0 Å². The molecule has 0 aliphatic heterocycles. The van der Waals surface area contributed by atoms with Crippen LogP contribution in [0.25, 0.3) is 0 Å². The van der Waals surface area contributed by atoms with Crippen molar-refractivity contribution in [1.82, 2.24) is 9.97 Å². The van der Waals surface area contributed by atoms with Crippen molar-refractivity contribution in [2.24, 2.45) is 0 Å². The van der Waals surface area contributed by atoms with E-state index in [4.69, 9.17) is 4.74 Å². The van der Waals surface area contributed by atoms with E-state index in [0.717, 1.165) is 5.69 Å². The Morgan fingerprint density at radius 1 is 1.26 bits per heavy atom. The van der Waals surface area contributed by atoms with E-state index in [0.29, 0.717) is 24.3 Å². The zero-order chi connectivity index (χ0) is 13.7. The molecule has 0 radical (unpaired) electrons. The Morgan fingerprint density at radius 2 is 2.00 bits per heavy atom. The summed E-state index contributed by atoms with van der Waals surface area (Å²) in [6.07, 6.45) is 1.89. The topological polar surface area (TPSA) is 55.2 Å². The third-order valence-electron chi connectivity index (χ3n) is 2.84. The van der Waals surface area contributed by atoms with Crippen LogP contribution in [0.4, 0.5) is 4.39 Å². The van der Waals surface area contributed by atoms with Gasteiger partial charge in [-0.1, -0.05) is 12.1 Å². The number of aromatic nitrogens is 2. The van der Waals surface area contributed by atoms with Gasteiger partial charge in [0.1, 0.15) is 12.1 Å². The highest BCUT2D eigenvalue weighted by molar-refractivity contribution is 5.19. The fraction of sp³-hybridized carbons (Fsp3) is 0.286. The third kappa shape index (κ3) is 3.72. The first-order chi connectivity index (χ1) is 9.19. The van der Waals surface area contributed by atoms with E-state index < -0.39 is 6.10 Å². The summed E-state index contributed by atoms with van der Waals surface area (Å²) < 4.78 is 17.8. The highest BCUT2D eigenvalue weighted by Crippen LogP contribution is 2.19. The van der Waals surface area contributed by atoms with E-state index in [-0.39, 0.29) is 5.82 Å². The van der Waals surface area contributed by atoms with Gasteiger partial charge in [-0.05, 0) is 30.5 Å². The van der Waals surface area contributed by atoms with Crippen molar-refractivity contribution in [1.29, 1.82) is 0 Å². The fourth-order valence-electron chi connectivity index (χ4n) is 1.76. The van der Waals surface area contributed by atoms with Crippen LogP contribution in [-0.2, 0) is 6.42 Å². The predicted octanol–water partition coefficient (Wildman–Crippen LogP) is 2.29. The lowest BCUT2D eigenvalue weighted by molar-refractivity contribution is 0.167. The molecule has 1 aromatic heterocycles. The molecular formula is C14H15FN2O2. The molecule has 0 bridgehead atoms. The minimum atomic E-state index is -0.637. The maximum absolute atomic E-state index is 12.8. The van der Waals surface area contributed by atoms with Crippen LogP contribution in [0.1, 0.15) is 23.8 Å². The van der Waals surface area contributed by atoms with Gasteiger partial charge >= 0.3 is 0 Å². The van der Waals surface area contributed by atoms with Gasteiger partial charge in [-0.25, -0.2) is 14.4 Å². The lowest BCUT2D eigenvalue weighted by Gasteiger charge is -2.10. The maximum Gasteiger partial charge on any atom is 0.216 e. The summed E-state index contributed by atoms with van der Waals surface area (Å²) in [6.45, 7) is 0. The van der Waals surface area contributed by atoms with Crippen molar-refractivity contribution < 1.29 is 14.2 Å². The summed E-state index contributed by atoms with van der Waals surface area (Å²) in [7, 11) is 1.54. The van der Waals surface area contributed by atoms with Crippen molar-refractivity contribution in [2.75, 3.05) is 7.11 Å². The Balaban J connectivity index is 1.96. The molecule has 5 heteroatoms. The number of hydrogen-bond donors (Lipinski definition) is 1. The first-order valence-electron chi connectivity index (χ1n) is 5.97. The second-order valence-corrected chi connectivity index (χ2v) is 4.16. The van der Waals surface area contributed by atoms with Crippen LogP contribution in [0.3, 0.4) is 0 Å². The third-order valence-corrected chi connectivity index (χ3v) is 2.84. The van der Waals surface area contributed by atoms with Crippen LogP contribution in [-0.4, -0.2) is 22.2 Å². The molecule has 0 amide bonds. The van der Waals surface area contributed by atoms with Crippen LogP contribution in [0.15, 0.2) is 36.7 Å². The molecule has 1 atom stereocenters. The lowest BCUT2D eigenvalue weighted by atomic mass is 10.0. The molecule has 1 heterocycles. The number of aliphatic hydroxyl groups excluding tert-OH is 1. The fourth-order valence-corrected chi connectivity index (χ4v) is 1.76. The molecule has 19 heavy (non-hydrogen) atoms. The van der Waals surface area contributed by atoms with E-state index in [2.05, 4.69) is 9.97 Å². The quantitative estimate of drug-likeness (QED) is 0.898. The van der Waals surface area contributed by atoms with Crippen LogP contribution in [0.5, 0.6) is 5.88 Å². The van der Waals surface area contributed by atoms with Gasteiger partial charge in [0.15, 0.2) is 0 Å². The van der Waals surface area contributed by atoms with Gasteiger partial charge in [0.05, 0.1) is 13.2 Å². The van der Waals surface area contributed by atoms with Crippen molar-refractivity contribution in [3.8, 4) is 5.88 Å². The average molecular weight is 262 g/mol. The second kappa shape index (κ2) is 6.24. The molecule has 100 valence electrons. The van der Waals surface area contributed by atoms with Gasteiger partial charge in [-0.2, -0.15) is 0 Å². The molecule has 1 N–H and O–H groups in total. The highest BCUT2D eigenvalue weighted by Gasteiger charge is 2.09. The molecule has 0 aliphatic rings. The van der Waals surface area contributed by atoms with Crippen LogP contribution in [0.2, 0.25) is 0 Å². The first kappa shape index (κ1) is 13.4. The van der Waals surface area contributed by atoms with E-state index in [1.165, 1.54) is 18.5 Å². The minimum Gasteiger partial charge on any atom is -0.481 e. The molecule has 2 aromatic rings. The molecule has 1 aromatic carbocycles. The number of aryl methyl sites for hydroxylation is 1. The first-order valence-corrected chi connectivity index (χ1v) is 5.97. The van der Waals surface area contributed by atoms with Gasteiger partial charge in [-0.3, -0.25) is 0 Å². The zero-order valence-corrected chi connectivity index (χ0v) is 10.6. The molecule has 0 spiro atoms. The predicted molar refractivity (Wildman–Crippen MR) is 68.3 cm³/mol. The number of nitrogens with zero attached hydrogens (tertiary/aromatic N) is 2. The number of benzene rings is 1. The monoisotopic (exact) mass is 262 g/mol. The number of hydrogen-bond acceptors (Lipinski definition) is 4. The maximum atomic E-state index is 12.8. The van der Waals surface area contributed by atoms with Gasteiger partial charge in [0, 0.05) is 11.8 Å². The summed E-state index contributed by atoms with van der Waals surface area (Å²) in [5.74, 6) is 0.192.